The molecule has 1 atom stereocenters. The van der Waals surface area contributed by atoms with E-state index in [0.29, 0.717) is 11.1 Å². The summed E-state index contributed by atoms with van der Waals surface area (Å²) in [4.78, 5) is 34.5. The van der Waals surface area contributed by atoms with Gasteiger partial charge < -0.3 is 10.1 Å². The molecule has 0 bridgehead atoms. The van der Waals surface area contributed by atoms with E-state index in [1.807, 2.05) is 0 Å². The van der Waals surface area contributed by atoms with Crippen molar-refractivity contribution >= 4 is 17.6 Å². The molecule has 0 aromatic heterocycles. The molecule has 0 spiro atoms. The van der Waals surface area contributed by atoms with Crippen molar-refractivity contribution < 1.29 is 19.2 Å². The van der Waals surface area contributed by atoms with Crippen molar-refractivity contribution in [1.29, 1.82) is 0 Å². The van der Waals surface area contributed by atoms with Crippen LogP contribution in [-0.4, -0.2) is 23.9 Å². The summed E-state index contributed by atoms with van der Waals surface area (Å²) in [7, 11) is 1.21. The third kappa shape index (κ3) is 4.29. The first-order valence-corrected chi connectivity index (χ1v) is 7.31. The number of nitro benzene ring substituents is 1. The Hall–Kier alpha value is -3.48. The number of nitro groups is 1. The van der Waals surface area contributed by atoms with E-state index in [0.717, 1.165) is 0 Å². The van der Waals surface area contributed by atoms with Crippen LogP contribution in [0.3, 0.4) is 0 Å². The summed E-state index contributed by atoms with van der Waals surface area (Å²) in [5.41, 5.74) is 0.804. The molecule has 0 saturated carbocycles. The Morgan fingerprint density at radius 2 is 1.72 bits per heavy atom. The van der Waals surface area contributed by atoms with Crippen LogP contribution in [0.5, 0.6) is 0 Å². The number of nitrogens with zero attached hydrogens (tertiary/aromatic N) is 1. The van der Waals surface area contributed by atoms with Gasteiger partial charge in [-0.15, -0.1) is 0 Å². The van der Waals surface area contributed by atoms with E-state index in [9.17, 15) is 19.7 Å². The first-order chi connectivity index (χ1) is 11.9. The van der Waals surface area contributed by atoms with Gasteiger partial charge in [-0.1, -0.05) is 24.8 Å². The fraction of sp³-hybridized carbons (Fsp3) is 0.111. The topological polar surface area (TPSA) is 98.5 Å². The lowest BCUT2D eigenvalue weighted by molar-refractivity contribution is -0.384. The van der Waals surface area contributed by atoms with Gasteiger partial charge in [0.15, 0.2) is 0 Å². The van der Waals surface area contributed by atoms with Gasteiger partial charge in [0.25, 0.3) is 11.6 Å². The zero-order valence-corrected chi connectivity index (χ0v) is 13.5. The second-order valence-electron chi connectivity index (χ2n) is 5.14. The molecular weight excluding hydrogens is 324 g/mol. The average molecular weight is 340 g/mol. The molecule has 0 radical (unpaired) electrons. The Morgan fingerprint density at radius 3 is 2.24 bits per heavy atom. The summed E-state index contributed by atoms with van der Waals surface area (Å²) >= 11 is 0. The fourth-order valence-electron chi connectivity index (χ4n) is 2.21. The quantitative estimate of drug-likeness (QED) is 0.377. The molecule has 2 aromatic carbocycles. The lowest BCUT2D eigenvalue weighted by atomic mass is 9.99. The Morgan fingerprint density at radius 1 is 1.12 bits per heavy atom. The van der Waals surface area contributed by atoms with Gasteiger partial charge in [-0.3, -0.25) is 14.9 Å². The summed E-state index contributed by atoms with van der Waals surface area (Å²) < 4.78 is 4.67. The summed E-state index contributed by atoms with van der Waals surface area (Å²) in [6, 6.07) is 13.1. The van der Waals surface area contributed by atoms with Gasteiger partial charge >= 0.3 is 5.97 Å². The van der Waals surface area contributed by atoms with E-state index in [4.69, 9.17) is 0 Å². The molecule has 7 heteroatoms. The minimum atomic E-state index is -0.874. The molecule has 0 fully saturated rings. The molecule has 1 unspecified atom stereocenters. The van der Waals surface area contributed by atoms with E-state index in [1.165, 1.54) is 31.4 Å². The monoisotopic (exact) mass is 340 g/mol. The zero-order valence-electron chi connectivity index (χ0n) is 13.5. The number of benzene rings is 2. The molecule has 0 aliphatic carbocycles. The van der Waals surface area contributed by atoms with Crippen molar-refractivity contribution in [3.05, 3.63) is 88.0 Å². The summed E-state index contributed by atoms with van der Waals surface area (Å²) in [6.07, 6.45) is 0. The third-order valence-corrected chi connectivity index (χ3v) is 3.54. The predicted molar refractivity (Wildman–Crippen MR) is 90.9 cm³/mol. The maximum atomic E-state index is 12.4. The van der Waals surface area contributed by atoms with Gasteiger partial charge in [0.05, 0.1) is 23.6 Å². The number of methoxy groups -OCH3 is 1. The van der Waals surface area contributed by atoms with Crippen LogP contribution in [0, 0.1) is 10.1 Å². The number of hydrogen-bond acceptors (Lipinski definition) is 5. The number of esters is 1. The molecule has 25 heavy (non-hydrogen) atoms. The van der Waals surface area contributed by atoms with Crippen molar-refractivity contribution in [3.63, 3.8) is 0 Å². The van der Waals surface area contributed by atoms with Gasteiger partial charge in [0, 0.05) is 17.7 Å². The Balaban J connectivity index is 2.33. The van der Waals surface area contributed by atoms with Crippen LogP contribution in [0.15, 0.2) is 66.7 Å². The second kappa shape index (κ2) is 7.87. The van der Waals surface area contributed by atoms with Crippen LogP contribution in [-0.2, 0) is 9.53 Å². The first kappa shape index (κ1) is 17.9. The molecule has 0 aliphatic rings. The van der Waals surface area contributed by atoms with Crippen molar-refractivity contribution in [2.45, 2.75) is 6.04 Å². The van der Waals surface area contributed by atoms with Gasteiger partial charge in [-0.2, -0.15) is 0 Å². The predicted octanol–water partition coefficient (Wildman–Crippen LogP) is 2.80. The molecule has 0 aliphatic heterocycles. The lowest BCUT2D eigenvalue weighted by Gasteiger charge is -2.20. The number of nitrogens with one attached hydrogen (secondary N) is 1. The molecule has 0 saturated heterocycles. The average Bonchev–Trinajstić information content (AvgIpc) is 2.65. The van der Waals surface area contributed by atoms with E-state index >= 15 is 0 Å². The van der Waals surface area contributed by atoms with Crippen LogP contribution >= 0.6 is 0 Å². The van der Waals surface area contributed by atoms with Crippen LogP contribution in [0.2, 0.25) is 0 Å². The molecule has 7 nitrogen and oxygen atoms in total. The highest BCUT2D eigenvalue weighted by atomic mass is 16.6. The van der Waals surface area contributed by atoms with Gasteiger partial charge in [0.2, 0.25) is 0 Å². The van der Waals surface area contributed by atoms with Gasteiger partial charge in [0.1, 0.15) is 0 Å². The number of non-ortho nitro benzene ring substituents is 1. The molecule has 1 N–H and O–H groups in total. The summed E-state index contributed by atoms with van der Waals surface area (Å²) in [5.74, 6) is -1.09. The van der Waals surface area contributed by atoms with Crippen LogP contribution in [0.25, 0.3) is 0 Å². The van der Waals surface area contributed by atoms with Crippen molar-refractivity contribution in [2.75, 3.05) is 7.11 Å². The highest BCUT2D eigenvalue weighted by Gasteiger charge is 2.24. The normalized spacial score (nSPS) is 11.2. The SMILES string of the molecule is C=C(C(=O)OC)C(NC(=O)c1ccccc1)c1ccc([N+](=O)[O-])cc1. The minimum absolute atomic E-state index is 0.0145. The Labute approximate surface area is 144 Å². The third-order valence-electron chi connectivity index (χ3n) is 3.54. The minimum Gasteiger partial charge on any atom is -0.466 e. The second-order valence-corrected chi connectivity index (χ2v) is 5.14. The van der Waals surface area contributed by atoms with Crippen molar-refractivity contribution in [3.8, 4) is 0 Å². The largest absolute Gasteiger partial charge is 0.466 e. The maximum Gasteiger partial charge on any atom is 0.335 e. The molecular formula is C18H16N2O5. The number of carbonyl (C=O) groups is 2. The number of amides is 1. The molecule has 2 rings (SSSR count). The Bertz CT molecular complexity index is 800. The summed E-state index contributed by atoms with van der Waals surface area (Å²) in [6.45, 7) is 3.68. The highest BCUT2D eigenvalue weighted by Crippen LogP contribution is 2.24. The van der Waals surface area contributed by atoms with E-state index in [-0.39, 0.29) is 11.3 Å². The number of ether oxygens (including phenoxy) is 1. The van der Waals surface area contributed by atoms with E-state index < -0.39 is 22.8 Å². The lowest BCUT2D eigenvalue weighted by Crippen LogP contribution is -2.32. The van der Waals surface area contributed by atoms with Gasteiger partial charge in [-0.05, 0) is 29.8 Å². The van der Waals surface area contributed by atoms with Crippen molar-refractivity contribution in [1.82, 2.24) is 5.32 Å². The number of carbonyl (C=O) groups excluding carboxylic acids is 2. The van der Waals surface area contributed by atoms with Crippen molar-refractivity contribution in [2.24, 2.45) is 0 Å². The van der Waals surface area contributed by atoms with Crippen LogP contribution in [0.4, 0.5) is 5.69 Å². The first-order valence-electron chi connectivity index (χ1n) is 7.31. The Kier molecular flexibility index (Phi) is 5.62. The number of rotatable bonds is 6. The molecule has 1 amide bonds. The van der Waals surface area contributed by atoms with Crippen LogP contribution < -0.4 is 5.32 Å². The number of hydrogen-bond donors (Lipinski definition) is 1. The zero-order chi connectivity index (χ0) is 18.4. The van der Waals surface area contributed by atoms with Gasteiger partial charge in [-0.25, -0.2) is 4.79 Å². The maximum absolute atomic E-state index is 12.4. The van der Waals surface area contributed by atoms with E-state index in [1.54, 1.807) is 30.3 Å². The standard InChI is InChI=1S/C18H16N2O5/c1-12(18(22)25-2)16(13-8-10-15(11-9-13)20(23)24)19-17(21)14-6-4-3-5-7-14/h3-11,16H,1H2,2H3,(H,19,21). The molecule has 0 heterocycles. The smallest absolute Gasteiger partial charge is 0.335 e. The van der Waals surface area contributed by atoms with E-state index in [2.05, 4.69) is 16.6 Å². The fourth-order valence-corrected chi connectivity index (χ4v) is 2.21. The summed E-state index contributed by atoms with van der Waals surface area (Å²) in [5, 5.41) is 13.5. The van der Waals surface area contributed by atoms with Crippen LogP contribution in [0.1, 0.15) is 22.0 Å². The molecule has 128 valence electrons. The highest BCUT2D eigenvalue weighted by molar-refractivity contribution is 5.96. The molecule has 2 aromatic rings.